The van der Waals surface area contributed by atoms with Gasteiger partial charge in [0.05, 0.1) is 11.7 Å². The van der Waals surface area contributed by atoms with Crippen LogP contribution in [0.1, 0.15) is 53.7 Å². The van der Waals surface area contributed by atoms with E-state index < -0.39 is 0 Å². The highest BCUT2D eigenvalue weighted by Gasteiger charge is 2.22. The number of likely N-dealkylation sites (N-methyl/N-ethyl adjacent to an activating group) is 1. The van der Waals surface area contributed by atoms with Crippen LogP contribution in [0.4, 0.5) is 5.69 Å². The van der Waals surface area contributed by atoms with E-state index in [1.54, 1.807) is 0 Å². The topological polar surface area (TPSA) is 61.6 Å². The van der Waals surface area contributed by atoms with Gasteiger partial charge < -0.3 is 19.6 Å². The first-order valence-electron chi connectivity index (χ1n) is 9.84. The van der Waals surface area contributed by atoms with Gasteiger partial charge in [-0.3, -0.25) is 4.79 Å². The lowest BCUT2D eigenvalue weighted by Gasteiger charge is -2.35. The quantitative estimate of drug-likeness (QED) is 0.845. The maximum Gasteiger partial charge on any atom is 0.251 e. The molecular weight excluding hydrogens is 340 g/mol. The fourth-order valence-corrected chi connectivity index (χ4v) is 3.75. The Bertz CT molecular complexity index is 741. The summed E-state index contributed by atoms with van der Waals surface area (Å²) in [4.78, 5) is 17.6. The molecule has 1 aromatic heterocycles. The summed E-state index contributed by atoms with van der Waals surface area (Å²) in [7, 11) is 0. The van der Waals surface area contributed by atoms with Crippen molar-refractivity contribution in [2.45, 2.75) is 40.2 Å². The fraction of sp³-hybridized carbons (Fsp3) is 0.524. The summed E-state index contributed by atoms with van der Waals surface area (Å²) < 4.78 is 5.25. The second-order valence-electron chi connectivity index (χ2n) is 7.14. The molecule has 6 heteroatoms. The highest BCUT2D eigenvalue weighted by atomic mass is 16.5. The summed E-state index contributed by atoms with van der Waals surface area (Å²) >= 11 is 0. The van der Waals surface area contributed by atoms with E-state index in [0.29, 0.717) is 5.56 Å². The lowest BCUT2D eigenvalue weighted by Crippen LogP contribution is -2.46. The third-order valence-electron chi connectivity index (χ3n) is 5.46. The van der Waals surface area contributed by atoms with Crippen molar-refractivity contribution in [1.29, 1.82) is 0 Å². The summed E-state index contributed by atoms with van der Waals surface area (Å²) in [5.41, 5.74) is 3.67. The average Bonchev–Trinajstić information content (AvgIpc) is 3.04. The van der Waals surface area contributed by atoms with E-state index in [9.17, 15) is 4.79 Å². The molecule has 0 radical (unpaired) electrons. The number of nitrogens with one attached hydrogen (secondary N) is 1. The third-order valence-corrected chi connectivity index (χ3v) is 5.46. The van der Waals surface area contributed by atoms with Gasteiger partial charge in [-0.15, -0.1) is 0 Å². The first-order valence-corrected chi connectivity index (χ1v) is 9.84. The van der Waals surface area contributed by atoms with E-state index in [1.807, 2.05) is 38.1 Å². The number of anilines is 1. The number of rotatable bonds is 6. The number of benzene rings is 1. The van der Waals surface area contributed by atoms with Gasteiger partial charge in [-0.25, -0.2) is 0 Å². The van der Waals surface area contributed by atoms with Crippen LogP contribution >= 0.6 is 0 Å². The van der Waals surface area contributed by atoms with Crippen molar-refractivity contribution in [3.63, 3.8) is 0 Å². The molecule has 1 aliphatic heterocycles. The summed E-state index contributed by atoms with van der Waals surface area (Å²) in [5, 5.41) is 7.12. The zero-order valence-corrected chi connectivity index (χ0v) is 16.8. The van der Waals surface area contributed by atoms with Crippen molar-refractivity contribution in [1.82, 2.24) is 15.4 Å². The number of hydrogen-bond donors (Lipinski definition) is 1. The molecular formula is C21H30N4O2. The second kappa shape index (κ2) is 8.57. The average molecular weight is 370 g/mol. The van der Waals surface area contributed by atoms with E-state index >= 15 is 0 Å². The van der Waals surface area contributed by atoms with Gasteiger partial charge in [0, 0.05) is 43.0 Å². The van der Waals surface area contributed by atoms with E-state index in [4.69, 9.17) is 4.52 Å². The van der Waals surface area contributed by atoms with Crippen LogP contribution in [0.25, 0.3) is 0 Å². The fourth-order valence-electron chi connectivity index (χ4n) is 3.75. The molecule has 2 aromatic rings. The van der Waals surface area contributed by atoms with Crippen LogP contribution in [0.5, 0.6) is 0 Å². The van der Waals surface area contributed by atoms with Crippen LogP contribution in [0.15, 0.2) is 28.8 Å². The Balaban J connectivity index is 1.65. The van der Waals surface area contributed by atoms with Crippen molar-refractivity contribution in [2.24, 2.45) is 0 Å². The summed E-state index contributed by atoms with van der Waals surface area (Å²) in [6.45, 7) is 13.4. The van der Waals surface area contributed by atoms with Crippen molar-refractivity contribution < 1.29 is 9.32 Å². The van der Waals surface area contributed by atoms with Crippen molar-refractivity contribution in [3.05, 3.63) is 46.8 Å². The van der Waals surface area contributed by atoms with Gasteiger partial charge in [-0.05, 0) is 51.1 Å². The zero-order chi connectivity index (χ0) is 19.4. The van der Waals surface area contributed by atoms with Crippen molar-refractivity contribution >= 4 is 11.6 Å². The Morgan fingerprint density at radius 3 is 2.33 bits per heavy atom. The minimum absolute atomic E-state index is 0.0656. The number of amides is 1. The van der Waals surface area contributed by atoms with Crippen LogP contribution in [0, 0.1) is 13.8 Å². The van der Waals surface area contributed by atoms with E-state index in [1.165, 1.54) is 5.69 Å². The van der Waals surface area contributed by atoms with Crippen LogP contribution in [0.3, 0.4) is 0 Å². The number of hydrogen-bond acceptors (Lipinski definition) is 5. The minimum atomic E-state index is -0.0921. The summed E-state index contributed by atoms with van der Waals surface area (Å²) in [6, 6.07) is 7.83. The minimum Gasteiger partial charge on any atom is -0.369 e. The molecule has 0 spiro atoms. The summed E-state index contributed by atoms with van der Waals surface area (Å²) in [6.07, 6.45) is 0.786. The zero-order valence-electron chi connectivity index (χ0n) is 16.8. The largest absolute Gasteiger partial charge is 0.369 e. The molecule has 0 bridgehead atoms. The van der Waals surface area contributed by atoms with Gasteiger partial charge in [0.15, 0.2) is 0 Å². The van der Waals surface area contributed by atoms with Crippen molar-refractivity contribution in [2.75, 3.05) is 37.6 Å². The lowest BCUT2D eigenvalue weighted by atomic mass is 10.0. The van der Waals surface area contributed by atoms with Crippen LogP contribution in [0.2, 0.25) is 0 Å². The van der Waals surface area contributed by atoms with Gasteiger partial charge in [0.1, 0.15) is 5.76 Å². The maximum atomic E-state index is 12.7. The molecule has 0 aliphatic carbocycles. The number of piperazine rings is 1. The summed E-state index contributed by atoms with van der Waals surface area (Å²) in [5.74, 6) is 0.699. The molecule has 1 aliphatic rings. The predicted octanol–water partition coefficient (Wildman–Crippen LogP) is 3.31. The van der Waals surface area contributed by atoms with Gasteiger partial charge in [0.25, 0.3) is 5.91 Å². The van der Waals surface area contributed by atoms with E-state index in [0.717, 1.165) is 56.2 Å². The molecule has 1 fully saturated rings. The Morgan fingerprint density at radius 2 is 1.81 bits per heavy atom. The Morgan fingerprint density at radius 1 is 1.15 bits per heavy atom. The first kappa shape index (κ1) is 19.4. The normalized spacial score (nSPS) is 16.4. The second-order valence-corrected chi connectivity index (χ2v) is 7.14. The molecule has 0 unspecified atom stereocenters. The first-order chi connectivity index (χ1) is 13.0. The van der Waals surface area contributed by atoms with Crippen LogP contribution in [-0.2, 0) is 0 Å². The van der Waals surface area contributed by atoms with Crippen molar-refractivity contribution in [3.8, 4) is 0 Å². The molecule has 2 heterocycles. The highest BCUT2D eigenvalue weighted by molar-refractivity contribution is 5.94. The standard InChI is InChI=1S/C21H30N4O2/c1-5-19(20-15(3)23-27-16(20)4)22-21(26)17-7-9-18(10-8-17)25-13-11-24(6-2)12-14-25/h7-10,19H,5-6,11-14H2,1-4H3,(H,22,26)/t19-/m1/s1. The number of aromatic nitrogens is 1. The third kappa shape index (κ3) is 4.33. The maximum absolute atomic E-state index is 12.7. The van der Waals surface area contributed by atoms with E-state index in [2.05, 4.69) is 34.1 Å². The molecule has 1 amide bonds. The Hall–Kier alpha value is -2.34. The van der Waals surface area contributed by atoms with Gasteiger partial charge in [-0.1, -0.05) is 19.0 Å². The van der Waals surface area contributed by atoms with Gasteiger partial charge in [-0.2, -0.15) is 0 Å². The van der Waals surface area contributed by atoms with Crippen LogP contribution in [-0.4, -0.2) is 48.7 Å². The monoisotopic (exact) mass is 370 g/mol. The SMILES string of the molecule is CC[C@@H](NC(=O)c1ccc(N2CCN(CC)CC2)cc1)c1c(C)noc1C. The van der Waals surface area contributed by atoms with Crippen LogP contribution < -0.4 is 10.2 Å². The Kier molecular flexibility index (Phi) is 6.16. The lowest BCUT2D eigenvalue weighted by molar-refractivity contribution is 0.0935. The molecule has 1 saturated heterocycles. The van der Waals surface area contributed by atoms with E-state index in [-0.39, 0.29) is 11.9 Å². The molecule has 1 aromatic carbocycles. The Labute approximate surface area is 161 Å². The number of carbonyl (C=O) groups is 1. The highest BCUT2D eigenvalue weighted by Crippen LogP contribution is 2.25. The molecule has 27 heavy (non-hydrogen) atoms. The predicted molar refractivity (Wildman–Crippen MR) is 107 cm³/mol. The molecule has 1 N–H and O–H groups in total. The molecule has 6 nitrogen and oxygen atoms in total. The number of aryl methyl sites for hydroxylation is 2. The number of carbonyl (C=O) groups excluding carboxylic acids is 1. The smallest absolute Gasteiger partial charge is 0.251 e. The molecule has 3 rings (SSSR count). The molecule has 1 atom stereocenters. The molecule has 146 valence electrons. The van der Waals surface area contributed by atoms with Gasteiger partial charge >= 0.3 is 0 Å². The number of nitrogens with zero attached hydrogens (tertiary/aromatic N) is 3. The van der Waals surface area contributed by atoms with Gasteiger partial charge in [0.2, 0.25) is 0 Å². The molecule has 0 saturated carbocycles.